The van der Waals surface area contributed by atoms with E-state index >= 15 is 0 Å². The maximum Gasteiger partial charge on any atom is 0.187 e. The molecule has 0 aliphatic carbocycles. The molecule has 1 rings (SSSR count). The van der Waals surface area contributed by atoms with Gasteiger partial charge < -0.3 is 5.32 Å². The van der Waals surface area contributed by atoms with E-state index in [-0.39, 0.29) is 0 Å². The molecule has 0 radical (unpaired) electrons. The van der Waals surface area contributed by atoms with Crippen molar-refractivity contribution in [2.24, 2.45) is 5.10 Å². The number of hydrogen-bond donors (Lipinski definition) is 2. The van der Waals surface area contributed by atoms with Gasteiger partial charge in [0.1, 0.15) is 0 Å². The van der Waals surface area contributed by atoms with Crippen LogP contribution < -0.4 is 10.7 Å². The summed E-state index contributed by atoms with van der Waals surface area (Å²) in [5.74, 6) is 0. The fourth-order valence-electron chi connectivity index (χ4n) is 1.07. The van der Waals surface area contributed by atoms with E-state index in [0.29, 0.717) is 11.2 Å². The van der Waals surface area contributed by atoms with E-state index in [4.69, 9.17) is 12.2 Å². The third-order valence-corrected chi connectivity index (χ3v) is 2.03. The molecule has 0 aliphatic heterocycles. The molecule has 86 valence electrons. The fraction of sp³-hybridized carbons (Fsp3) is 0.364. The molecule has 16 heavy (non-hydrogen) atoms. The zero-order chi connectivity index (χ0) is 12.0. The zero-order valence-corrected chi connectivity index (χ0v) is 10.5. The van der Waals surface area contributed by atoms with Gasteiger partial charge in [0.2, 0.25) is 0 Å². The Bertz CT molecular complexity index is 373. The predicted octanol–water partition coefficient (Wildman–Crippen LogP) is 1.68. The first kappa shape index (κ1) is 12.6. The highest BCUT2D eigenvalue weighted by molar-refractivity contribution is 7.80. The molecule has 0 unspecified atom stereocenters. The molecular formula is C11H16N4S. The van der Waals surface area contributed by atoms with E-state index in [1.807, 2.05) is 32.9 Å². The first-order valence-corrected chi connectivity index (χ1v) is 5.51. The van der Waals surface area contributed by atoms with Gasteiger partial charge in [-0.15, -0.1) is 0 Å². The summed E-state index contributed by atoms with van der Waals surface area (Å²) in [5.41, 5.74) is 4.62. The molecule has 0 spiro atoms. The third kappa shape index (κ3) is 4.35. The second-order valence-electron chi connectivity index (χ2n) is 3.68. The lowest BCUT2D eigenvalue weighted by Gasteiger charge is -2.10. The van der Waals surface area contributed by atoms with Crippen molar-refractivity contribution in [2.45, 2.75) is 26.8 Å². The smallest absolute Gasteiger partial charge is 0.187 e. The summed E-state index contributed by atoms with van der Waals surface area (Å²) in [7, 11) is 0. The van der Waals surface area contributed by atoms with Crippen molar-refractivity contribution in [3.63, 3.8) is 0 Å². The highest BCUT2D eigenvalue weighted by Gasteiger charge is 1.98. The SMILES string of the molecule is C/C(=N\NC(=S)NC(C)C)c1cccnc1. The number of pyridine rings is 1. The van der Waals surface area contributed by atoms with Crippen LogP contribution in [0, 0.1) is 0 Å². The van der Waals surface area contributed by atoms with Gasteiger partial charge in [-0.05, 0) is 39.1 Å². The van der Waals surface area contributed by atoms with E-state index in [1.54, 1.807) is 12.4 Å². The molecule has 1 aromatic rings. The zero-order valence-electron chi connectivity index (χ0n) is 9.69. The molecule has 1 aromatic heterocycles. The van der Waals surface area contributed by atoms with Crippen molar-refractivity contribution in [3.05, 3.63) is 30.1 Å². The molecule has 0 atom stereocenters. The Labute approximate surface area is 101 Å². The number of hydrazone groups is 1. The quantitative estimate of drug-likeness (QED) is 0.476. The summed E-state index contributed by atoms with van der Waals surface area (Å²) in [6.07, 6.45) is 3.49. The van der Waals surface area contributed by atoms with Crippen LogP contribution in [-0.2, 0) is 0 Å². The number of aromatic nitrogens is 1. The van der Waals surface area contributed by atoms with E-state index in [0.717, 1.165) is 11.3 Å². The summed E-state index contributed by atoms with van der Waals surface area (Å²) in [6.45, 7) is 5.94. The van der Waals surface area contributed by atoms with Crippen LogP contribution in [0.3, 0.4) is 0 Å². The maximum absolute atomic E-state index is 5.05. The van der Waals surface area contributed by atoms with Gasteiger partial charge in [-0.2, -0.15) is 5.10 Å². The molecule has 0 fully saturated rings. The molecule has 0 aromatic carbocycles. The lowest BCUT2D eigenvalue weighted by molar-refractivity contribution is 0.719. The Balaban J connectivity index is 2.55. The van der Waals surface area contributed by atoms with Gasteiger partial charge in [-0.3, -0.25) is 10.4 Å². The van der Waals surface area contributed by atoms with Crippen molar-refractivity contribution in [3.8, 4) is 0 Å². The average Bonchev–Trinajstić information content (AvgIpc) is 2.26. The molecule has 2 N–H and O–H groups in total. The first-order chi connectivity index (χ1) is 7.59. The lowest BCUT2D eigenvalue weighted by Crippen LogP contribution is -2.37. The minimum Gasteiger partial charge on any atom is -0.359 e. The second kappa shape index (κ2) is 6.17. The number of nitrogens with zero attached hydrogens (tertiary/aromatic N) is 2. The fourth-order valence-corrected chi connectivity index (χ4v) is 1.35. The van der Waals surface area contributed by atoms with Gasteiger partial charge in [0.15, 0.2) is 5.11 Å². The van der Waals surface area contributed by atoms with Crippen LogP contribution in [0.1, 0.15) is 26.3 Å². The molecule has 0 saturated carbocycles. The van der Waals surface area contributed by atoms with Gasteiger partial charge >= 0.3 is 0 Å². The van der Waals surface area contributed by atoms with Crippen LogP contribution in [0.5, 0.6) is 0 Å². The van der Waals surface area contributed by atoms with Gasteiger partial charge in [-0.25, -0.2) is 0 Å². The van der Waals surface area contributed by atoms with Crippen LogP contribution in [-0.4, -0.2) is 21.8 Å². The summed E-state index contributed by atoms with van der Waals surface area (Å²) >= 11 is 5.05. The van der Waals surface area contributed by atoms with E-state index in [9.17, 15) is 0 Å². The lowest BCUT2D eigenvalue weighted by atomic mass is 10.2. The molecule has 0 amide bonds. The van der Waals surface area contributed by atoms with Crippen molar-refractivity contribution in [2.75, 3.05) is 0 Å². The van der Waals surface area contributed by atoms with Gasteiger partial charge in [0.25, 0.3) is 0 Å². The Morgan fingerprint density at radius 3 is 2.81 bits per heavy atom. The molecule has 0 saturated heterocycles. The molecule has 0 aliphatic rings. The van der Waals surface area contributed by atoms with Crippen LogP contribution >= 0.6 is 12.2 Å². The highest BCUT2D eigenvalue weighted by Crippen LogP contribution is 1.97. The van der Waals surface area contributed by atoms with Crippen molar-refractivity contribution in [1.82, 2.24) is 15.7 Å². The normalized spacial score (nSPS) is 11.4. The van der Waals surface area contributed by atoms with E-state index in [2.05, 4.69) is 20.8 Å². The predicted molar refractivity (Wildman–Crippen MR) is 70.5 cm³/mol. The van der Waals surface area contributed by atoms with Crippen LogP contribution in [0.25, 0.3) is 0 Å². The summed E-state index contributed by atoms with van der Waals surface area (Å²) in [5, 5.41) is 7.74. The van der Waals surface area contributed by atoms with E-state index in [1.165, 1.54) is 0 Å². The first-order valence-electron chi connectivity index (χ1n) is 5.11. The third-order valence-electron chi connectivity index (χ3n) is 1.82. The minimum absolute atomic E-state index is 0.300. The number of hydrogen-bond acceptors (Lipinski definition) is 3. The van der Waals surface area contributed by atoms with Crippen molar-refractivity contribution >= 4 is 23.0 Å². The summed E-state index contributed by atoms with van der Waals surface area (Å²) in [4.78, 5) is 4.02. The van der Waals surface area contributed by atoms with Crippen LogP contribution in [0.4, 0.5) is 0 Å². The van der Waals surface area contributed by atoms with Gasteiger partial charge in [-0.1, -0.05) is 6.07 Å². The molecule has 5 heteroatoms. The molecular weight excluding hydrogens is 220 g/mol. The van der Waals surface area contributed by atoms with Gasteiger partial charge in [0, 0.05) is 24.0 Å². The minimum atomic E-state index is 0.300. The Morgan fingerprint density at radius 1 is 1.50 bits per heavy atom. The molecule has 4 nitrogen and oxygen atoms in total. The summed E-state index contributed by atoms with van der Waals surface area (Å²) < 4.78 is 0. The number of rotatable bonds is 3. The van der Waals surface area contributed by atoms with Crippen LogP contribution in [0.15, 0.2) is 29.6 Å². The largest absolute Gasteiger partial charge is 0.359 e. The van der Waals surface area contributed by atoms with Crippen molar-refractivity contribution < 1.29 is 0 Å². The van der Waals surface area contributed by atoms with E-state index < -0.39 is 0 Å². The van der Waals surface area contributed by atoms with Crippen molar-refractivity contribution in [1.29, 1.82) is 0 Å². The molecule has 1 heterocycles. The second-order valence-corrected chi connectivity index (χ2v) is 4.09. The summed E-state index contributed by atoms with van der Waals surface area (Å²) in [6, 6.07) is 4.12. The Kier molecular flexibility index (Phi) is 4.85. The Hall–Kier alpha value is -1.49. The number of nitrogens with one attached hydrogen (secondary N) is 2. The van der Waals surface area contributed by atoms with Gasteiger partial charge in [0.05, 0.1) is 5.71 Å². The Morgan fingerprint density at radius 2 is 2.25 bits per heavy atom. The molecule has 0 bridgehead atoms. The maximum atomic E-state index is 5.05. The average molecular weight is 236 g/mol. The standard InChI is InChI=1S/C11H16N4S/c1-8(2)13-11(16)15-14-9(3)10-5-4-6-12-7-10/h4-8H,1-3H3,(H2,13,15,16)/b14-9+. The topological polar surface area (TPSA) is 49.3 Å². The highest BCUT2D eigenvalue weighted by atomic mass is 32.1. The number of thiocarbonyl (C=S) groups is 1. The van der Waals surface area contributed by atoms with Crippen LogP contribution in [0.2, 0.25) is 0 Å². The monoisotopic (exact) mass is 236 g/mol.